The number of phenols is 3. The lowest BCUT2D eigenvalue weighted by Crippen LogP contribution is -2.60. The smallest absolute Gasteiger partial charge is 0.229 e. The molecule has 1 aromatic heterocycles. The third-order valence-corrected chi connectivity index (χ3v) is 7.18. The second-order valence-corrected chi connectivity index (χ2v) is 9.74. The molecule has 15 heteroatoms. The maximum absolute atomic E-state index is 13.3. The zero-order valence-electron chi connectivity index (χ0n) is 21.0. The zero-order chi connectivity index (χ0) is 29.7. The molecule has 3 heterocycles. The number of benzene rings is 2. The molecule has 0 unspecified atom stereocenters. The Balaban J connectivity index is 1.73. The lowest BCUT2D eigenvalue weighted by atomic mass is 9.96. The van der Waals surface area contributed by atoms with Crippen molar-refractivity contribution in [2.45, 2.75) is 55.1 Å². The number of aliphatic hydroxyl groups is 7. The minimum absolute atomic E-state index is 0.0815. The van der Waals surface area contributed by atoms with Crippen molar-refractivity contribution in [1.29, 1.82) is 0 Å². The number of hydrogen-bond donors (Lipinski definition) is 10. The fourth-order valence-corrected chi connectivity index (χ4v) is 4.92. The zero-order valence-corrected chi connectivity index (χ0v) is 21.0. The molecule has 2 aliphatic rings. The molecule has 2 aromatic carbocycles. The normalized spacial score (nSPS) is 31.9. The molecule has 3 aromatic rings. The number of ether oxygens (including phenoxy) is 3. The van der Waals surface area contributed by atoms with Crippen LogP contribution >= 0.6 is 0 Å². The first-order valence-corrected chi connectivity index (χ1v) is 12.4. The van der Waals surface area contributed by atoms with Gasteiger partial charge in [0.05, 0.1) is 18.8 Å². The molecular formula is C26H28O15. The summed E-state index contributed by atoms with van der Waals surface area (Å²) < 4.78 is 22.3. The van der Waals surface area contributed by atoms with Crippen molar-refractivity contribution in [2.24, 2.45) is 0 Å². The van der Waals surface area contributed by atoms with Gasteiger partial charge in [0.2, 0.25) is 12.0 Å². The Morgan fingerprint density at radius 3 is 1.98 bits per heavy atom. The van der Waals surface area contributed by atoms with Crippen LogP contribution in [0.1, 0.15) is 11.7 Å². The molecule has 0 radical (unpaired) electrons. The van der Waals surface area contributed by atoms with Crippen molar-refractivity contribution in [3.05, 3.63) is 46.1 Å². The van der Waals surface area contributed by atoms with Gasteiger partial charge in [-0.3, -0.25) is 4.79 Å². The van der Waals surface area contributed by atoms with Gasteiger partial charge in [-0.25, -0.2) is 0 Å². The van der Waals surface area contributed by atoms with Gasteiger partial charge >= 0.3 is 0 Å². The van der Waals surface area contributed by atoms with E-state index in [2.05, 4.69) is 0 Å². The fraction of sp³-hybridized carbons (Fsp3) is 0.423. The van der Waals surface area contributed by atoms with Crippen molar-refractivity contribution >= 4 is 11.0 Å². The predicted octanol–water partition coefficient (Wildman–Crippen LogP) is -2.09. The molecular weight excluding hydrogens is 552 g/mol. The number of aliphatic hydroxyl groups excluding tert-OH is 7. The standard InChI is InChI=1S/C26H28O15/c27-6-12-17(32)21(36)23(39-12)15-18(33)14-10(30)5-11(8-1-3-9(29)4-2-8)38-24(14)25(19(15)34)41-26-22(37)20(35)16(31)13(7-28)40-26/h1-5,12-13,16-17,20-23,26-29,31-37H,6-7H2/t12-,13-,16+,17-,20+,21+,22-,23+,26+/m1/s1. The molecule has 5 rings (SSSR count). The first-order chi connectivity index (χ1) is 19.5. The van der Waals surface area contributed by atoms with Crippen LogP contribution in [-0.2, 0) is 9.47 Å². The molecule has 0 bridgehead atoms. The van der Waals surface area contributed by atoms with Crippen LogP contribution in [0.4, 0.5) is 0 Å². The average molecular weight is 580 g/mol. The van der Waals surface area contributed by atoms with Gasteiger partial charge < -0.3 is 69.7 Å². The molecule has 0 aliphatic carbocycles. The summed E-state index contributed by atoms with van der Waals surface area (Å²) in [7, 11) is 0. The topological polar surface area (TPSA) is 260 Å². The Morgan fingerprint density at radius 2 is 1.37 bits per heavy atom. The summed E-state index contributed by atoms with van der Waals surface area (Å²) in [5.41, 5.74) is -1.81. The minimum atomic E-state index is -1.96. The average Bonchev–Trinajstić information content (AvgIpc) is 3.23. The highest BCUT2D eigenvalue weighted by Gasteiger charge is 2.48. The van der Waals surface area contributed by atoms with Gasteiger partial charge in [-0.15, -0.1) is 0 Å². The lowest BCUT2D eigenvalue weighted by Gasteiger charge is -2.39. The first kappa shape index (κ1) is 29.0. The summed E-state index contributed by atoms with van der Waals surface area (Å²) in [5.74, 6) is -2.84. The summed E-state index contributed by atoms with van der Waals surface area (Å²) in [6, 6.07) is 6.43. The van der Waals surface area contributed by atoms with Gasteiger partial charge in [0, 0.05) is 11.6 Å². The van der Waals surface area contributed by atoms with E-state index >= 15 is 0 Å². The number of fused-ring (bicyclic) bond motifs is 1. The molecule has 2 fully saturated rings. The molecule has 0 saturated carbocycles. The highest BCUT2D eigenvalue weighted by molar-refractivity contribution is 5.93. The summed E-state index contributed by atoms with van der Waals surface area (Å²) in [6.07, 6.45) is -15.3. The van der Waals surface area contributed by atoms with Gasteiger partial charge in [0.1, 0.15) is 71.5 Å². The Morgan fingerprint density at radius 1 is 0.756 bits per heavy atom. The van der Waals surface area contributed by atoms with E-state index in [1.165, 1.54) is 24.3 Å². The second kappa shape index (κ2) is 11.1. The fourth-order valence-electron chi connectivity index (χ4n) is 4.92. The highest BCUT2D eigenvalue weighted by Crippen LogP contribution is 2.51. The molecule has 41 heavy (non-hydrogen) atoms. The lowest BCUT2D eigenvalue weighted by molar-refractivity contribution is -0.277. The SMILES string of the molecule is O=c1cc(-c2ccc(O)cc2)oc2c(O[C@@H]3O[C@H](CO)[C@H](O)[C@H](O)[C@H]3O)c(O)c([C@@H]3O[C@H](CO)[C@@H](O)[C@@H]3O)c(O)c12. The molecule has 0 spiro atoms. The minimum Gasteiger partial charge on any atom is -0.508 e. The third-order valence-electron chi connectivity index (χ3n) is 7.18. The quantitative estimate of drug-likeness (QED) is 0.150. The van der Waals surface area contributed by atoms with Gasteiger partial charge in [-0.05, 0) is 24.3 Å². The first-order valence-electron chi connectivity index (χ1n) is 12.4. The Bertz CT molecular complexity index is 1470. The Labute approximate surface area is 229 Å². The van der Waals surface area contributed by atoms with E-state index in [0.29, 0.717) is 0 Å². The van der Waals surface area contributed by atoms with Crippen molar-refractivity contribution < 1.29 is 69.7 Å². The van der Waals surface area contributed by atoms with Crippen molar-refractivity contribution in [3.63, 3.8) is 0 Å². The molecule has 15 nitrogen and oxygen atoms in total. The largest absolute Gasteiger partial charge is 0.508 e. The van der Waals surface area contributed by atoms with E-state index in [0.717, 1.165) is 6.07 Å². The van der Waals surface area contributed by atoms with Crippen molar-refractivity contribution in [1.82, 2.24) is 0 Å². The van der Waals surface area contributed by atoms with E-state index in [1.807, 2.05) is 0 Å². The van der Waals surface area contributed by atoms with Crippen molar-refractivity contribution in [2.75, 3.05) is 13.2 Å². The summed E-state index contributed by atoms with van der Waals surface area (Å²) >= 11 is 0. The van der Waals surface area contributed by atoms with Gasteiger partial charge in [0.25, 0.3) is 0 Å². The predicted molar refractivity (Wildman–Crippen MR) is 134 cm³/mol. The van der Waals surface area contributed by atoms with Crippen LogP contribution in [0.5, 0.6) is 23.0 Å². The van der Waals surface area contributed by atoms with Gasteiger partial charge in [-0.1, -0.05) is 0 Å². The molecule has 9 atom stereocenters. The van der Waals surface area contributed by atoms with E-state index in [4.69, 9.17) is 18.6 Å². The van der Waals surface area contributed by atoms with Crippen LogP contribution in [0, 0.1) is 0 Å². The Kier molecular flexibility index (Phi) is 7.82. The van der Waals surface area contributed by atoms with E-state index in [-0.39, 0.29) is 17.1 Å². The van der Waals surface area contributed by atoms with Crippen LogP contribution < -0.4 is 10.2 Å². The summed E-state index contributed by atoms with van der Waals surface area (Å²) in [4.78, 5) is 13.3. The van der Waals surface area contributed by atoms with Crippen LogP contribution in [0.2, 0.25) is 0 Å². The van der Waals surface area contributed by atoms with Crippen LogP contribution in [-0.4, -0.2) is 113 Å². The highest BCUT2D eigenvalue weighted by atomic mass is 16.7. The number of rotatable bonds is 6. The number of hydrogen-bond acceptors (Lipinski definition) is 15. The second-order valence-electron chi connectivity index (χ2n) is 9.74. The number of phenolic OH excluding ortho intramolecular Hbond substituents is 3. The molecule has 10 N–H and O–H groups in total. The molecule has 2 saturated heterocycles. The van der Waals surface area contributed by atoms with Crippen molar-refractivity contribution in [3.8, 4) is 34.3 Å². The maximum Gasteiger partial charge on any atom is 0.229 e. The van der Waals surface area contributed by atoms with E-state index in [1.54, 1.807) is 0 Å². The van der Waals surface area contributed by atoms with Gasteiger partial charge in [-0.2, -0.15) is 0 Å². The molecule has 222 valence electrons. The maximum atomic E-state index is 13.3. The summed E-state index contributed by atoms with van der Waals surface area (Å²) in [6.45, 7) is -1.54. The van der Waals surface area contributed by atoms with Crippen LogP contribution in [0.3, 0.4) is 0 Å². The van der Waals surface area contributed by atoms with E-state index < -0.39 is 108 Å². The van der Waals surface area contributed by atoms with Gasteiger partial charge in [0.15, 0.2) is 16.8 Å². The third kappa shape index (κ3) is 4.86. The summed E-state index contributed by atoms with van der Waals surface area (Å²) in [5, 5.41) is 102. The van der Waals surface area contributed by atoms with Crippen LogP contribution in [0.25, 0.3) is 22.3 Å². The Hall–Kier alpha value is -3.51. The molecule has 2 aliphatic heterocycles. The van der Waals surface area contributed by atoms with Crippen LogP contribution in [0.15, 0.2) is 39.5 Å². The monoisotopic (exact) mass is 580 g/mol. The number of aromatic hydroxyl groups is 3. The molecule has 0 amide bonds. The van der Waals surface area contributed by atoms with E-state index in [9.17, 15) is 55.9 Å².